The number of allylic oxidation sites excluding steroid dienone is 2. The molecule has 1 unspecified atom stereocenters. The zero-order valence-electron chi connectivity index (χ0n) is 55.4. The Hall–Kier alpha value is -1.85. The lowest BCUT2D eigenvalue weighted by atomic mass is 10.0. The van der Waals surface area contributed by atoms with Crippen LogP contribution in [0.15, 0.2) is 12.2 Å². The van der Waals surface area contributed by atoms with Crippen molar-refractivity contribution in [3.63, 3.8) is 0 Å². The van der Waals surface area contributed by atoms with E-state index in [9.17, 15) is 14.4 Å². The molecule has 0 aliphatic heterocycles. The lowest BCUT2D eigenvalue weighted by molar-refractivity contribution is -0.167. The van der Waals surface area contributed by atoms with E-state index in [4.69, 9.17) is 14.2 Å². The molecule has 0 radical (unpaired) electrons. The van der Waals surface area contributed by atoms with Gasteiger partial charge in [0.25, 0.3) is 0 Å². The Morgan fingerprint density at radius 2 is 0.432 bits per heavy atom. The molecule has 0 N–H and O–H groups in total. The first-order valence-corrected chi connectivity index (χ1v) is 37.2. The third-order valence-corrected chi connectivity index (χ3v) is 17.3. The van der Waals surface area contributed by atoms with Gasteiger partial charge >= 0.3 is 17.9 Å². The molecule has 0 aromatic carbocycles. The fourth-order valence-electron chi connectivity index (χ4n) is 11.7. The van der Waals surface area contributed by atoms with Gasteiger partial charge in [-0.15, -0.1) is 0 Å². The Bertz CT molecular complexity index is 1260. The summed E-state index contributed by atoms with van der Waals surface area (Å²) in [5.74, 6) is -0.842. The van der Waals surface area contributed by atoms with Crippen molar-refractivity contribution < 1.29 is 28.6 Å². The van der Waals surface area contributed by atoms with Crippen LogP contribution < -0.4 is 0 Å². The minimum absolute atomic E-state index is 0.0659. The molecular formula is C75H144O6. The zero-order valence-corrected chi connectivity index (χ0v) is 55.4. The van der Waals surface area contributed by atoms with Gasteiger partial charge in [0.2, 0.25) is 0 Å². The Balaban J connectivity index is 4.07. The molecule has 0 saturated heterocycles. The smallest absolute Gasteiger partial charge is 0.306 e. The highest BCUT2D eigenvalue weighted by molar-refractivity contribution is 5.71. The van der Waals surface area contributed by atoms with E-state index in [0.29, 0.717) is 19.3 Å². The third kappa shape index (κ3) is 68.8. The van der Waals surface area contributed by atoms with Crippen LogP contribution in [0, 0.1) is 0 Å². The van der Waals surface area contributed by atoms with Crippen molar-refractivity contribution in [3.8, 4) is 0 Å². The van der Waals surface area contributed by atoms with Gasteiger partial charge in [0.1, 0.15) is 13.2 Å². The van der Waals surface area contributed by atoms with E-state index in [1.54, 1.807) is 0 Å². The summed E-state index contributed by atoms with van der Waals surface area (Å²) in [6.07, 6.45) is 85.7. The number of hydrogen-bond donors (Lipinski definition) is 0. The van der Waals surface area contributed by atoms with E-state index in [1.807, 2.05) is 0 Å². The van der Waals surface area contributed by atoms with Gasteiger partial charge in [-0.05, 0) is 38.5 Å². The predicted molar refractivity (Wildman–Crippen MR) is 353 cm³/mol. The van der Waals surface area contributed by atoms with E-state index in [2.05, 4.69) is 32.9 Å². The normalized spacial score (nSPS) is 12.0. The second-order valence-electron chi connectivity index (χ2n) is 25.6. The summed E-state index contributed by atoms with van der Waals surface area (Å²) in [4.78, 5) is 38.4. The summed E-state index contributed by atoms with van der Waals surface area (Å²) < 4.78 is 17.0. The SMILES string of the molecule is CCC/C=C\CCCCCCCC(=O)OCC(COC(=O)CCCCCCCCCCCCCCCCCCCCCCCCCCCCCCC)OC(=O)CCCCCCCCCCCCCCCCCCCCCCCCCC. The number of rotatable bonds is 70. The molecule has 0 aliphatic carbocycles. The largest absolute Gasteiger partial charge is 0.462 e. The van der Waals surface area contributed by atoms with Gasteiger partial charge in [-0.2, -0.15) is 0 Å². The molecule has 0 heterocycles. The maximum atomic E-state index is 12.9. The van der Waals surface area contributed by atoms with Crippen molar-refractivity contribution in [2.75, 3.05) is 13.2 Å². The van der Waals surface area contributed by atoms with Gasteiger partial charge in [-0.25, -0.2) is 0 Å². The molecule has 0 spiro atoms. The summed E-state index contributed by atoms with van der Waals surface area (Å²) >= 11 is 0. The van der Waals surface area contributed by atoms with Crippen molar-refractivity contribution in [1.29, 1.82) is 0 Å². The number of carbonyl (C=O) groups excluding carboxylic acids is 3. The van der Waals surface area contributed by atoms with Crippen LogP contribution in [0.25, 0.3) is 0 Å². The molecule has 0 saturated carbocycles. The molecule has 480 valence electrons. The number of ether oxygens (including phenoxy) is 3. The second kappa shape index (κ2) is 70.6. The Kier molecular flexibility index (Phi) is 69.0. The van der Waals surface area contributed by atoms with Crippen molar-refractivity contribution in [1.82, 2.24) is 0 Å². The van der Waals surface area contributed by atoms with E-state index in [-0.39, 0.29) is 31.1 Å². The van der Waals surface area contributed by atoms with Crippen LogP contribution in [0.1, 0.15) is 432 Å². The standard InChI is InChI=1S/C75H144O6/c1-4-7-10-13-16-19-22-24-26-28-30-32-34-36-37-38-39-40-42-43-45-47-49-51-53-56-59-62-65-68-74(77)80-71-72(70-79-73(76)67-64-61-58-55-21-18-15-12-9-6-3)81-75(78)69-66-63-60-57-54-52-50-48-46-44-41-35-33-31-29-27-25-23-20-17-14-11-8-5-2/h12,15,72H,4-11,13-14,16-71H2,1-3H3/b15-12-. The first-order valence-electron chi connectivity index (χ1n) is 37.2. The van der Waals surface area contributed by atoms with Crippen LogP contribution >= 0.6 is 0 Å². The van der Waals surface area contributed by atoms with Crippen molar-refractivity contribution in [2.45, 2.75) is 438 Å². The highest BCUT2D eigenvalue weighted by Gasteiger charge is 2.20. The number of esters is 3. The summed E-state index contributed by atoms with van der Waals surface area (Å²) in [5.41, 5.74) is 0. The minimum Gasteiger partial charge on any atom is -0.462 e. The average Bonchev–Trinajstić information content (AvgIpc) is 3.47. The van der Waals surface area contributed by atoms with Crippen LogP contribution in [0.5, 0.6) is 0 Å². The van der Waals surface area contributed by atoms with Crippen molar-refractivity contribution >= 4 is 17.9 Å². The first-order chi connectivity index (χ1) is 40.0. The molecule has 6 nitrogen and oxygen atoms in total. The molecule has 0 bridgehead atoms. The van der Waals surface area contributed by atoms with Crippen molar-refractivity contribution in [2.24, 2.45) is 0 Å². The minimum atomic E-state index is -0.769. The monoisotopic (exact) mass is 1140 g/mol. The summed E-state index contributed by atoms with van der Waals surface area (Å²) in [6.45, 7) is 6.67. The molecule has 81 heavy (non-hydrogen) atoms. The highest BCUT2D eigenvalue weighted by atomic mass is 16.6. The van der Waals surface area contributed by atoms with Gasteiger partial charge in [0.15, 0.2) is 6.10 Å². The van der Waals surface area contributed by atoms with Crippen LogP contribution in [-0.4, -0.2) is 37.2 Å². The molecule has 1 atom stereocenters. The van der Waals surface area contributed by atoms with Crippen LogP contribution in [-0.2, 0) is 28.6 Å². The number of hydrogen-bond acceptors (Lipinski definition) is 6. The number of unbranched alkanes of at least 4 members (excludes halogenated alkanes) is 57. The van der Waals surface area contributed by atoms with Crippen LogP contribution in [0.4, 0.5) is 0 Å². The fourth-order valence-corrected chi connectivity index (χ4v) is 11.7. The van der Waals surface area contributed by atoms with E-state index in [0.717, 1.165) is 70.6 Å². The Morgan fingerprint density at radius 3 is 0.667 bits per heavy atom. The number of carbonyl (C=O) groups is 3. The molecule has 0 aromatic heterocycles. The second-order valence-corrected chi connectivity index (χ2v) is 25.6. The summed E-state index contributed by atoms with van der Waals surface area (Å²) in [6, 6.07) is 0. The molecule has 6 heteroatoms. The molecule has 0 aliphatic rings. The summed E-state index contributed by atoms with van der Waals surface area (Å²) in [5, 5.41) is 0. The Morgan fingerprint density at radius 1 is 0.235 bits per heavy atom. The quantitative estimate of drug-likeness (QED) is 0.0261. The third-order valence-electron chi connectivity index (χ3n) is 17.3. The van der Waals surface area contributed by atoms with E-state index < -0.39 is 6.10 Å². The van der Waals surface area contributed by atoms with Crippen LogP contribution in [0.2, 0.25) is 0 Å². The first kappa shape index (κ1) is 79.2. The van der Waals surface area contributed by atoms with Gasteiger partial charge < -0.3 is 14.2 Å². The van der Waals surface area contributed by atoms with Gasteiger partial charge in [0.05, 0.1) is 0 Å². The predicted octanol–water partition coefficient (Wildman–Crippen LogP) is 25.6. The van der Waals surface area contributed by atoms with Gasteiger partial charge in [-0.1, -0.05) is 386 Å². The highest BCUT2D eigenvalue weighted by Crippen LogP contribution is 2.20. The molecule has 0 amide bonds. The average molecular weight is 1140 g/mol. The Labute approximate surface area is 507 Å². The van der Waals surface area contributed by atoms with Gasteiger partial charge in [0, 0.05) is 19.3 Å². The fraction of sp³-hybridized carbons (Fsp3) is 0.933. The van der Waals surface area contributed by atoms with Crippen molar-refractivity contribution in [3.05, 3.63) is 12.2 Å². The van der Waals surface area contributed by atoms with Crippen LogP contribution in [0.3, 0.4) is 0 Å². The maximum Gasteiger partial charge on any atom is 0.306 e. The molecule has 0 aromatic rings. The maximum absolute atomic E-state index is 12.9. The zero-order chi connectivity index (χ0) is 58.5. The van der Waals surface area contributed by atoms with Gasteiger partial charge in [-0.3, -0.25) is 14.4 Å². The summed E-state index contributed by atoms with van der Waals surface area (Å²) in [7, 11) is 0. The molecular weight excluding hydrogens is 997 g/mol. The lowest BCUT2D eigenvalue weighted by Crippen LogP contribution is -2.30. The van der Waals surface area contributed by atoms with E-state index >= 15 is 0 Å². The lowest BCUT2D eigenvalue weighted by Gasteiger charge is -2.18. The molecule has 0 fully saturated rings. The van der Waals surface area contributed by atoms with E-state index in [1.165, 1.54) is 321 Å². The molecule has 0 rings (SSSR count). The topological polar surface area (TPSA) is 78.9 Å².